The molecule has 21 heavy (non-hydrogen) atoms. The number of carbonyl (C=O) groups is 1. The molecule has 0 bridgehead atoms. The van der Waals surface area contributed by atoms with E-state index in [9.17, 15) is 9.90 Å². The van der Waals surface area contributed by atoms with Crippen molar-refractivity contribution in [3.63, 3.8) is 0 Å². The van der Waals surface area contributed by atoms with Crippen LogP contribution in [0.15, 0.2) is 28.7 Å². The molecule has 0 saturated carbocycles. The first-order chi connectivity index (χ1) is 10.1. The fourth-order valence-electron chi connectivity index (χ4n) is 2.96. The zero-order valence-corrected chi connectivity index (χ0v) is 14.0. The third kappa shape index (κ3) is 4.20. The van der Waals surface area contributed by atoms with Crippen molar-refractivity contribution >= 4 is 27.6 Å². The van der Waals surface area contributed by atoms with Crippen LogP contribution in [0.2, 0.25) is 0 Å². The van der Waals surface area contributed by atoms with Crippen LogP contribution >= 0.6 is 15.9 Å². The Morgan fingerprint density at radius 2 is 2.24 bits per heavy atom. The van der Waals surface area contributed by atoms with Gasteiger partial charge in [-0.05, 0) is 57.0 Å². The van der Waals surface area contributed by atoms with Crippen LogP contribution in [0, 0.1) is 0 Å². The maximum atomic E-state index is 11.9. The van der Waals surface area contributed by atoms with Crippen LogP contribution < -0.4 is 5.32 Å². The molecule has 1 saturated heterocycles. The smallest absolute Gasteiger partial charge is 0.329 e. The molecule has 116 valence electrons. The molecular formula is C16H23BrN2O2. The summed E-state index contributed by atoms with van der Waals surface area (Å²) in [6.07, 6.45) is 3.32. The Kier molecular flexibility index (Phi) is 5.65. The lowest BCUT2D eigenvalue weighted by Crippen LogP contribution is -2.47. The summed E-state index contributed by atoms with van der Waals surface area (Å²) in [4.78, 5) is 14.3. The fraction of sp³-hybridized carbons (Fsp3) is 0.562. The van der Waals surface area contributed by atoms with Crippen LogP contribution in [-0.2, 0) is 4.79 Å². The van der Waals surface area contributed by atoms with Crippen molar-refractivity contribution in [2.45, 2.75) is 38.1 Å². The van der Waals surface area contributed by atoms with E-state index in [0.29, 0.717) is 12.8 Å². The lowest BCUT2D eigenvalue weighted by atomic mass is 9.90. The number of carboxylic acids is 1. The van der Waals surface area contributed by atoms with Crippen molar-refractivity contribution in [3.05, 3.63) is 28.7 Å². The van der Waals surface area contributed by atoms with Gasteiger partial charge in [-0.25, -0.2) is 4.79 Å². The fourth-order valence-corrected chi connectivity index (χ4v) is 3.36. The maximum absolute atomic E-state index is 11.9. The van der Waals surface area contributed by atoms with Crippen molar-refractivity contribution in [3.8, 4) is 0 Å². The van der Waals surface area contributed by atoms with Crippen LogP contribution in [0.5, 0.6) is 0 Å². The van der Waals surface area contributed by atoms with Gasteiger partial charge in [-0.1, -0.05) is 28.9 Å². The SMILES string of the molecule is CCCN1CCCC(Nc2cccc(Br)c2)(C(=O)O)CC1. The number of halogens is 1. The Hall–Kier alpha value is -1.07. The molecule has 0 spiro atoms. The van der Waals surface area contributed by atoms with Gasteiger partial charge in [0, 0.05) is 16.7 Å². The van der Waals surface area contributed by atoms with Crippen LogP contribution in [0.1, 0.15) is 32.6 Å². The molecule has 1 atom stereocenters. The van der Waals surface area contributed by atoms with Gasteiger partial charge >= 0.3 is 5.97 Å². The highest BCUT2D eigenvalue weighted by atomic mass is 79.9. The number of hydrogen-bond acceptors (Lipinski definition) is 3. The highest BCUT2D eigenvalue weighted by Gasteiger charge is 2.39. The van der Waals surface area contributed by atoms with Crippen LogP contribution in [0.3, 0.4) is 0 Å². The molecule has 2 rings (SSSR count). The quantitative estimate of drug-likeness (QED) is 0.848. The number of rotatable bonds is 5. The summed E-state index contributed by atoms with van der Waals surface area (Å²) in [5, 5.41) is 13.0. The largest absolute Gasteiger partial charge is 0.480 e. The first kappa shape index (κ1) is 16.3. The van der Waals surface area contributed by atoms with E-state index >= 15 is 0 Å². The third-order valence-electron chi connectivity index (χ3n) is 4.09. The van der Waals surface area contributed by atoms with E-state index in [4.69, 9.17) is 0 Å². The van der Waals surface area contributed by atoms with Gasteiger partial charge in [0.1, 0.15) is 5.54 Å². The van der Waals surface area contributed by atoms with E-state index in [2.05, 4.69) is 33.1 Å². The molecule has 1 aliphatic rings. The van der Waals surface area contributed by atoms with E-state index < -0.39 is 11.5 Å². The standard InChI is InChI=1S/C16H23BrN2O2/c1-2-9-19-10-4-7-16(8-11-19,15(20)21)18-14-6-3-5-13(17)12-14/h3,5-6,12,18H,2,4,7-11H2,1H3,(H,20,21). The van der Waals surface area contributed by atoms with E-state index in [1.807, 2.05) is 24.3 Å². The molecule has 1 fully saturated rings. The first-order valence-corrected chi connectivity index (χ1v) is 8.34. The van der Waals surface area contributed by atoms with Crippen molar-refractivity contribution in [1.82, 2.24) is 4.90 Å². The van der Waals surface area contributed by atoms with E-state index in [-0.39, 0.29) is 0 Å². The Labute approximate surface area is 134 Å². The molecule has 0 aromatic heterocycles. The van der Waals surface area contributed by atoms with Crippen molar-refractivity contribution < 1.29 is 9.90 Å². The van der Waals surface area contributed by atoms with Crippen LogP contribution in [0.25, 0.3) is 0 Å². The molecule has 4 nitrogen and oxygen atoms in total. The molecule has 1 unspecified atom stereocenters. The van der Waals surface area contributed by atoms with Crippen molar-refractivity contribution in [1.29, 1.82) is 0 Å². The molecule has 1 aromatic rings. The average molecular weight is 355 g/mol. The Morgan fingerprint density at radius 1 is 1.43 bits per heavy atom. The average Bonchev–Trinajstić information content (AvgIpc) is 2.63. The zero-order valence-electron chi connectivity index (χ0n) is 12.4. The summed E-state index contributed by atoms with van der Waals surface area (Å²) < 4.78 is 0.953. The molecule has 1 aromatic carbocycles. The highest BCUT2D eigenvalue weighted by Crippen LogP contribution is 2.29. The highest BCUT2D eigenvalue weighted by molar-refractivity contribution is 9.10. The summed E-state index contributed by atoms with van der Waals surface area (Å²) in [7, 11) is 0. The first-order valence-electron chi connectivity index (χ1n) is 7.55. The number of nitrogens with zero attached hydrogens (tertiary/aromatic N) is 1. The van der Waals surface area contributed by atoms with Crippen LogP contribution in [0.4, 0.5) is 5.69 Å². The Balaban J connectivity index is 2.15. The molecule has 0 amide bonds. The molecule has 1 aliphatic heterocycles. The zero-order chi connectivity index (χ0) is 15.3. The van der Waals surface area contributed by atoms with Gasteiger partial charge in [0.15, 0.2) is 0 Å². The summed E-state index contributed by atoms with van der Waals surface area (Å²) in [6.45, 7) is 5.03. The Bertz CT molecular complexity index is 495. The van der Waals surface area contributed by atoms with Crippen LogP contribution in [-0.4, -0.2) is 41.1 Å². The lowest BCUT2D eigenvalue weighted by Gasteiger charge is -2.30. The van der Waals surface area contributed by atoms with Crippen molar-refractivity contribution in [2.75, 3.05) is 25.0 Å². The van der Waals surface area contributed by atoms with Gasteiger partial charge < -0.3 is 15.3 Å². The molecule has 2 N–H and O–H groups in total. The molecular weight excluding hydrogens is 332 g/mol. The number of likely N-dealkylation sites (tertiary alicyclic amines) is 1. The predicted octanol–water partition coefficient (Wildman–Crippen LogP) is 3.58. The third-order valence-corrected chi connectivity index (χ3v) is 4.58. The number of anilines is 1. The second kappa shape index (κ2) is 7.27. The number of hydrogen-bond donors (Lipinski definition) is 2. The van der Waals surface area contributed by atoms with Gasteiger partial charge in [0.25, 0.3) is 0 Å². The van der Waals surface area contributed by atoms with Gasteiger partial charge in [-0.2, -0.15) is 0 Å². The summed E-state index contributed by atoms with van der Waals surface area (Å²) >= 11 is 3.43. The number of carboxylic acid groups (broad SMARTS) is 1. The van der Waals surface area contributed by atoms with E-state index in [0.717, 1.165) is 42.6 Å². The lowest BCUT2D eigenvalue weighted by molar-refractivity contribution is -0.142. The number of aliphatic carboxylic acids is 1. The molecule has 0 radical (unpaired) electrons. The van der Waals surface area contributed by atoms with Gasteiger partial charge in [-0.3, -0.25) is 0 Å². The molecule has 1 heterocycles. The van der Waals surface area contributed by atoms with E-state index in [1.54, 1.807) is 0 Å². The molecule has 0 aliphatic carbocycles. The monoisotopic (exact) mass is 354 g/mol. The summed E-state index contributed by atoms with van der Waals surface area (Å²) in [6, 6.07) is 7.71. The topological polar surface area (TPSA) is 52.6 Å². The second-order valence-corrected chi connectivity index (χ2v) is 6.63. The minimum absolute atomic E-state index is 0.634. The Morgan fingerprint density at radius 3 is 2.90 bits per heavy atom. The normalized spacial score (nSPS) is 23.5. The number of benzene rings is 1. The van der Waals surface area contributed by atoms with Gasteiger partial charge in [0.2, 0.25) is 0 Å². The van der Waals surface area contributed by atoms with Crippen molar-refractivity contribution in [2.24, 2.45) is 0 Å². The number of nitrogens with one attached hydrogen (secondary N) is 1. The maximum Gasteiger partial charge on any atom is 0.329 e. The summed E-state index contributed by atoms with van der Waals surface area (Å²) in [5.41, 5.74) is -0.000707. The second-order valence-electron chi connectivity index (χ2n) is 5.72. The predicted molar refractivity (Wildman–Crippen MR) is 88.7 cm³/mol. The van der Waals surface area contributed by atoms with E-state index in [1.165, 1.54) is 0 Å². The minimum atomic E-state index is -0.858. The van der Waals surface area contributed by atoms with Gasteiger partial charge in [0.05, 0.1) is 0 Å². The minimum Gasteiger partial charge on any atom is -0.480 e. The van der Waals surface area contributed by atoms with Gasteiger partial charge in [-0.15, -0.1) is 0 Å². The molecule has 5 heteroatoms. The summed E-state index contributed by atoms with van der Waals surface area (Å²) in [5.74, 6) is -0.749.